The molecule has 1 heterocycles. The molecule has 0 radical (unpaired) electrons. The highest BCUT2D eigenvalue weighted by Gasteiger charge is 2.31. The van der Waals surface area contributed by atoms with E-state index in [-0.39, 0.29) is 5.91 Å². The first-order valence-electron chi connectivity index (χ1n) is 6.57. The molecule has 2 rings (SSSR count). The Morgan fingerprint density at radius 3 is 2.89 bits per heavy atom. The molecule has 0 unspecified atom stereocenters. The lowest BCUT2D eigenvalue weighted by molar-refractivity contribution is 0.0702. The molecule has 0 aliphatic heterocycles. The first kappa shape index (κ1) is 13.5. The van der Waals surface area contributed by atoms with Crippen molar-refractivity contribution in [3.8, 4) is 0 Å². The Morgan fingerprint density at radius 2 is 2.28 bits per heavy atom. The zero-order valence-corrected chi connectivity index (χ0v) is 12.1. The van der Waals surface area contributed by atoms with Gasteiger partial charge in [-0.15, -0.1) is 0 Å². The van der Waals surface area contributed by atoms with Crippen LogP contribution in [0.2, 0.25) is 0 Å². The lowest BCUT2D eigenvalue weighted by Gasteiger charge is -2.23. The van der Waals surface area contributed by atoms with E-state index in [1.54, 1.807) is 6.07 Å². The van der Waals surface area contributed by atoms with Crippen LogP contribution in [0, 0.1) is 6.92 Å². The minimum atomic E-state index is 0.00949. The van der Waals surface area contributed by atoms with Crippen molar-refractivity contribution in [2.24, 2.45) is 0 Å². The Hall–Kier alpha value is -0.900. The lowest BCUT2D eigenvalue weighted by atomic mass is 10.2. The molecule has 0 N–H and O–H groups in total. The molecule has 100 valence electrons. The molecule has 0 saturated heterocycles. The van der Waals surface area contributed by atoms with Crippen LogP contribution in [0.25, 0.3) is 0 Å². The predicted octanol–water partition coefficient (Wildman–Crippen LogP) is 3.33. The fourth-order valence-electron chi connectivity index (χ4n) is 2.55. The molecule has 0 spiro atoms. The number of furan rings is 1. The van der Waals surface area contributed by atoms with Gasteiger partial charge in [0.1, 0.15) is 5.76 Å². The summed E-state index contributed by atoms with van der Waals surface area (Å²) in [5, 5.41) is 0.716. The van der Waals surface area contributed by atoms with Gasteiger partial charge < -0.3 is 9.32 Å². The second-order valence-electron chi connectivity index (χ2n) is 4.87. The number of thioether (sulfide) groups is 1. The minimum absolute atomic E-state index is 0.00949. The second-order valence-corrected chi connectivity index (χ2v) is 6.45. The fraction of sp³-hybridized carbons (Fsp3) is 0.643. The molecule has 1 aliphatic carbocycles. The summed E-state index contributed by atoms with van der Waals surface area (Å²) in [5.74, 6) is 2.42. The van der Waals surface area contributed by atoms with Crippen molar-refractivity contribution in [1.29, 1.82) is 0 Å². The highest BCUT2D eigenvalue weighted by molar-refractivity contribution is 7.99. The number of amides is 1. The van der Waals surface area contributed by atoms with Crippen LogP contribution in [0.5, 0.6) is 0 Å². The summed E-state index contributed by atoms with van der Waals surface area (Å²) in [7, 11) is 1.89. The van der Waals surface area contributed by atoms with Crippen LogP contribution < -0.4 is 0 Å². The van der Waals surface area contributed by atoms with Gasteiger partial charge in [-0.3, -0.25) is 4.79 Å². The zero-order chi connectivity index (χ0) is 13.1. The third-order valence-electron chi connectivity index (χ3n) is 3.58. The van der Waals surface area contributed by atoms with Crippen molar-refractivity contribution in [2.75, 3.05) is 12.8 Å². The van der Waals surface area contributed by atoms with Crippen LogP contribution in [0.15, 0.2) is 16.5 Å². The summed E-state index contributed by atoms with van der Waals surface area (Å²) in [4.78, 5) is 14.1. The van der Waals surface area contributed by atoms with Gasteiger partial charge in [0, 0.05) is 18.3 Å². The molecule has 1 aromatic rings. The van der Waals surface area contributed by atoms with E-state index >= 15 is 0 Å². The normalized spacial score (nSPS) is 23.3. The van der Waals surface area contributed by atoms with Crippen molar-refractivity contribution in [3.63, 3.8) is 0 Å². The van der Waals surface area contributed by atoms with Crippen molar-refractivity contribution in [3.05, 3.63) is 23.7 Å². The van der Waals surface area contributed by atoms with Gasteiger partial charge in [0.05, 0.1) is 0 Å². The molecule has 1 aromatic heterocycles. The van der Waals surface area contributed by atoms with Crippen LogP contribution in [-0.2, 0) is 0 Å². The number of nitrogens with zero attached hydrogens (tertiary/aromatic N) is 1. The van der Waals surface area contributed by atoms with Crippen LogP contribution in [0.1, 0.15) is 42.5 Å². The lowest BCUT2D eigenvalue weighted by Crippen LogP contribution is -2.35. The molecule has 1 saturated carbocycles. The van der Waals surface area contributed by atoms with E-state index in [0.29, 0.717) is 17.1 Å². The van der Waals surface area contributed by atoms with Gasteiger partial charge in [0.2, 0.25) is 0 Å². The quantitative estimate of drug-likeness (QED) is 0.839. The first-order chi connectivity index (χ1) is 8.61. The zero-order valence-electron chi connectivity index (χ0n) is 11.3. The van der Waals surface area contributed by atoms with Gasteiger partial charge in [-0.2, -0.15) is 11.8 Å². The van der Waals surface area contributed by atoms with Gasteiger partial charge >= 0.3 is 0 Å². The summed E-state index contributed by atoms with van der Waals surface area (Å²) in [6.45, 7) is 4.05. The predicted molar refractivity (Wildman–Crippen MR) is 75.1 cm³/mol. The molecule has 0 aromatic carbocycles. The minimum Gasteiger partial charge on any atom is -0.456 e. The number of aryl methyl sites for hydroxylation is 1. The van der Waals surface area contributed by atoms with E-state index < -0.39 is 0 Å². The summed E-state index contributed by atoms with van der Waals surface area (Å²) in [5.41, 5.74) is 0. The van der Waals surface area contributed by atoms with Gasteiger partial charge in [-0.25, -0.2) is 0 Å². The maximum atomic E-state index is 12.2. The maximum Gasteiger partial charge on any atom is 0.289 e. The Balaban J connectivity index is 1.95. The Bertz CT molecular complexity index is 416. The number of carbonyl (C=O) groups excluding carboxylic acids is 1. The molecule has 18 heavy (non-hydrogen) atoms. The van der Waals surface area contributed by atoms with Crippen LogP contribution >= 0.6 is 11.8 Å². The van der Waals surface area contributed by atoms with Crippen molar-refractivity contribution in [1.82, 2.24) is 4.90 Å². The SMILES string of the molecule is CCS[C@H]1CC[C@H](N(C)C(=O)c2ccc(C)o2)C1. The smallest absolute Gasteiger partial charge is 0.289 e. The summed E-state index contributed by atoms with van der Waals surface area (Å²) >= 11 is 2.01. The highest BCUT2D eigenvalue weighted by Crippen LogP contribution is 2.32. The molecular weight excluding hydrogens is 246 g/mol. The molecule has 0 bridgehead atoms. The Labute approximate surface area is 113 Å². The molecular formula is C14H21NO2S. The van der Waals surface area contributed by atoms with E-state index in [1.165, 1.54) is 6.42 Å². The summed E-state index contributed by atoms with van der Waals surface area (Å²) < 4.78 is 5.40. The molecule has 1 aliphatic rings. The van der Waals surface area contributed by atoms with E-state index in [9.17, 15) is 4.79 Å². The van der Waals surface area contributed by atoms with Crippen LogP contribution in [0.3, 0.4) is 0 Å². The third-order valence-corrected chi connectivity index (χ3v) is 4.81. The standard InChI is InChI=1S/C14H21NO2S/c1-4-18-12-7-6-11(9-12)15(3)14(16)13-8-5-10(2)17-13/h5,8,11-12H,4,6-7,9H2,1-3H3/t11-,12-/m0/s1. The number of carbonyl (C=O) groups is 1. The van der Waals surface area contributed by atoms with Crippen molar-refractivity contribution in [2.45, 2.75) is 44.4 Å². The van der Waals surface area contributed by atoms with Crippen molar-refractivity contribution < 1.29 is 9.21 Å². The Morgan fingerprint density at radius 1 is 1.50 bits per heavy atom. The average molecular weight is 267 g/mol. The number of rotatable bonds is 4. The Kier molecular flexibility index (Phi) is 4.38. The molecule has 3 nitrogen and oxygen atoms in total. The van der Waals surface area contributed by atoms with E-state index in [4.69, 9.17) is 4.42 Å². The van der Waals surface area contributed by atoms with Crippen LogP contribution in [0.4, 0.5) is 0 Å². The number of hydrogen-bond acceptors (Lipinski definition) is 3. The molecule has 1 fully saturated rings. The number of hydrogen-bond donors (Lipinski definition) is 0. The molecule has 2 atom stereocenters. The first-order valence-corrected chi connectivity index (χ1v) is 7.62. The van der Waals surface area contributed by atoms with Crippen LogP contribution in [-0.4, -0.2) is 34.9 Å². The maximum absolute atomic E-state index is 12.2. The highest BCUT2D eigenvalue weighted by atomic mass is 32.2. The monoisotopic (exact) mass is 267 g/mol. The van der Waals surface area contributed by atoms with E-state index in [0.717, 1.165) is 24.4 Å². The molecule has 1 amide bonds. The largest absolute Gasteiger partial charge is 0.456 e. The van der Waals surface area contributed by atoms with Gasteiger partial charge in [0.15, 0.2) is 5.76 Å². The fourth-order valence-corrected chi connectivity index (χ4v) is 3.68. The third kappa shape index (κ3) is 2.91. The van der Waals surface area contributed by atoms with Gasteiger partial charge in [0.25, 0.3) is 5.91 Å². The van der Waals surface area contributed by atoms with Gasteiger partial charge in [-0.1, -0.05) is 6.92 Å². The van der Waals surface area contributed by atoms with E-state index in [1.807, 2.05) is 36.7 Å². The summed E-state index contributed by atoms with van der Waals surface area (Å²) in [6, 6.07) is 3.97. The average Bonchev–Trinajstić information content (AvgIpc) is 2.97. The topological polar surface area (TPSA) is 33.5 Å². The van der Waals surface area contributed by atoms with Crippen molar-refractivity contribution >= 4 is 17.7 Å². The van der Waals surface area contributed by atoms with E-state index in [2.05, 4.69) is 6.92 Å². The second kappa shape index (κ2) is 5.83. The summed E-state index contributed by atoms with van der Waals surface area (Å²) in [6.07, 6.45) is 3.44. The molecule has 4 heteroatoms. The van der Waals surface area contributed by atoms with Gasteiger partial charge in [-0.05, 0) is 44.1 Å².